The predicted molar refractivity (Wildman–Crippen MR) is 143 cm³/mol. The molecular weight excluding hydrogens is 579 g/mol. The molecule has 3 aromatic heterocycles. The van der Waals surface area contributed by atoms with Crippen molar-refractivity contribution in [2.45, 2.75) is 37.3 Å². The first-order chi connectivity index (χ1) is 20.5. The van der Waals surface area contributed by atoms with Crippen molar-refractivity contribution < 1.29 is 37.0 Å². The Kier molecular flexibility index (Phi) is 7.33. The number of carbonyl (C=O) groups excluding carboxylic acids is 1. The van der Waals surface area contributed by atoms with Gasteiger partial charge in [0.05, 0.1) is 28.8 Å². The number of hydrogen-bond acceptors (Lipinski definition) is 9. The number of aliphatic hydroxyl groups is 2. The van der Waals surface area contributed by atoms with Crippen LogP contribution in [-0.4, -0.2) is 83.9 Å². The summed E-state index contributed by atoms with van der Waals surface area (Å²) in [6.07, 6.45) is -1.66. The Morgan fingerprint density at radius 2 is 1.63 bits per heavy atom. The number of piperidine rings is 1. The van der Waals surface area contributed by atoms with Crippen molar-refractivity contribution in [2.75, 3.05) is 36.4 Å². The van der Waals surface area contributed by atoms with E-state index in [9.17, 15) is 28.2 Å². The molecule has 0 spiro atoms. The number of alkyl halides is 3. The Hall–Kier alpha value is -4.44. The fourth-order valence-corrected chi connectivity index (χ4v) is 5.38. The predicted octanol–water partition coefficient (Wildman–Crippen LogP) is 3.28. The van der Waals surface area contributed by atoms with Gasteiger partial charge in [-0.15, -0.1) is 0 Å². The molecule has 5 heterocycles. The summed E-state index contributed by atoms with van der Waals surface area (Å²) in [6, 6.07) is 3.51. The molecule has 2 saturated heterocycles. The van der Waals surface area contributed by atoms with Crippen LogP contribution < -0.4 is 10.2 Å². The standard InChI is InChI=1S/C27H25F5N8O3/c28-17-7-14(25(43)39-11-20(41)21(42)12-39)1-2-19(17)37-23-22-18(29)10-40(24(22)36-13-35-23)16-3-5-38(6-4-16)26-33-8-15(9-34-26)27(30,31)32/h1-2,7-10,13,16,20-21,41-42H,3-6,11-12H2,(H,35,36,37)/t20-,21-/m0/s1. The molecule has 226 valence electrons. The number of nitrogens with zero attached hydrogens (tertiary/aromatic N) is 7. The molecular formula is C27H25F5N8O3. The third-order valence-corrected chi connectivity index (χ3v) is 7.68. The molecule has 2 aliphatic heterocycles. The van der Waals surface area contributed by atoms with E-state index in [4.69, 9.17) is 0 Å². The summed E-state index contributed by atoms with van der Waals surface area (Å²) in [7, 11) is 0. The summed E-state index contributed by atoms with van der Waals surface area (Å²) in [6.45, 7) is 0.690. The van der Waals surface area contributed by atoms with Gasteiger partial charge in [0.1, 0.15) is 23.6 Å². The topological polar surface area (TPSA) is 133 Å². The van der Waals surface area contributed by atoms with Gasteiger partial charge < -0.3 is 29.9 Å². The van der Waals surface area contributed by atoms with Crippen LogP contribution in [0.3, 0.4) is 0 Å². The molecule has 11 nitrogen and oxygen atoms in total. The number of halogens is 5. The van der Waals surface area contributed by atoms with Crippen LogP contribution in [0.1, 0.15) is 34.8 Å². The lowest BCUT2D eigenvalue weighted by Gasteiger charge is -2.32. The summed E-state index contributed by atoms with van der Waals surface area (Å²) >= 11 is 0. The normalized spacial score (nSPS) is 19.8. The third kappa shape index (κ3) is 5.54. The second-order valence-electron chi connectivity index (χ2n) is 10.5. The van der Waals surface area contributed by atoms with Gasteiger partial charge in [0.15, 0.2) is 5.82 Å². The van der Waals surface area contributed by atoms with E-state index in [1.54, 1.807) is 9.47 Å². The van der Waals surface area contributed by atoms with Gasteiger partial charge in [-0.1, -0.05) is 0 Å². The van der Waals surface area contributed by atoms with E-state index < -0.39 is 41.5 Å². The van der Waals surface area contributed by atoms with E-state index in [-0.39, 0.29) is 53.2 Å². The minimum Gasteiger partial charge on any atom is -0.388 e. The maximum absolute atomic E-state index is 15.3. The average molecular weight is 605 g/mol. The highest BCUT2D eigenvalue weighted by atomic mass is 19.4. The Morgan fingerprint density at radius 1 is 0.953 bits per heavy atom. The van der Waals surface area contributed by atoms with Gasteiger partial charge >= 0.3 is 6.18 Å². The highest BCUT2D eigenvalue weighted by Gasteiger charge is 2.34. The van der Waals surface area contributed by atoms with Crippen LogP contribution in [0.2, 0.25) is 0 Å². The SMILES string of the molecule is O=C(c1ccc(Nc2ncnc3c2c(F)cn3C2CCN(c3ncc(C(F)(F)F)cn3)CC2)c(F)c1)N1C[C@H](O)[C@@H](O)C1. The second kappa shape index (κ2) is 11.0. The molecule has 0 radical (unpaired) electrons. The molecule has 2 atom stereocenters. The summed E-state index contributed by atoms with van der Waals surface area (Å²) in [4.78, 5) is 31.7. The van der Waals surface area contributed by atoms with E-state index in [1.807, 2.05) is 0 Å². The summed E-state index contributed by atoms with van der Waals surface area (Å²) in [5, 5.41) is 22.2. The highest BCUT2D eigenvalue weighted by Crippen LogP contribution is 2.34. The maximum atomic E-state index is 15.3. The number of aliphatic hydroxyl groups excluding tert-OH is 2. The van der Waals surface area contributed by atoms with Crippen molar-refractivity contribution in [3.05, 3.63) is 65.9 Å². The number of aromatic nitrogens is 5. The van der Waals surface area contributed by atoms with Crippen LogP contribution in [0.5, 0.6) is 0 Å². The largest absolute Gasteiger partial charge is 0.419 e. The number of likely N-dealkylation sites (tertiary alicyclic amines) is 1. The third-order valence-electron chi connectivity index (χ3n) is 7.68. The van der Waals surface area contributed by atoms with Crippen LogP contribution >= 0.6 is 0 Å². The summed E-state index contributed by atoms with van der Waals surface area (Å²) in [5.74, 6) is -1.79. The van der Waals surface area contributed by atoms with Crippen molar-refractivity contribution in [1.29, 1.82) is 0 Å². The van der Waals surface area contributed by atoms with Gasteiger partial charge in [-0.05, 0) is 31.0 Å². The highest BCUT2D eigenvalue weighted by molar-refractivity contribution is 5.95. The van der Waals surface area contributed by atoms with Crippen LogP contribution in [0.25, 0.3) is 11.0 Å². The van der Waals surface area contributed by atoms with Crippen LogP contribution in [-0.2, 0) is 6.18 Å². The molecule has 16 heteroatoms. The summed E-state index contributed by atoms with van der Waals surface area (Å²) < 4.78 is 70.5. The smallest absolute Gasteiger partial charge is 0.388 e. The molecule has 0 saturated carbocycles. The van der Waals surface area contributed by atoms with Crippen LogP contribution in [0.15, 0.2) is 43.1 Å². The lowest BCUT2D eigenvalue weighted by atomic mass is 10.1. The van der Waals surface area contributed by atoms with Gasteiger partial charge in [-0.25, -0.2) is 28.7 Å². The van der Waals surface area contributed by atoms with Crippen molar-refractivity contribution >= 4 is 34.4 Å². The van der Waals surface area contributed by atoms with E-state index in [2.05, 4.69) is 25.3 Å². The van der Waals surface area contributed by atoms with Crippen molar-refractivity contribution in [3.8, 4) is 0 Å². The molecule has 4 aromatic rings. The first-order valence-electron chi connectivity index (χ1n) is 13.4. The molecule has 43 heavy (non-hydrogen) atoms. The van der Waals surface area contributed by atoms with E-state index in [0.717, 1.165) is 18.5 Å². The minimum absolute atomic E-state index is 0.0144. The fourth-order valence-electron chi connectivity index (χ4n) is 5.38. The number of nitrogens with one attached hydrogen (secondary N) is 1. The maximum Gasteiger partial charge on any atom is 0.419 e. The van der Waals surface area contributed by atoms with Gasteiger partial charge in [-0.2, -0.15) is 13.2 Å². The lowest BCUT2D eigenvalue weighted by molar-refractivity contribution is -0.138. The van der Waals surface area contributed by atoms with E-state index in [1.165, 1.54) is 29.6 Å². The molecule has 6 rings (SSSR count). The molecule has 0 unspecified atom stereocenters. The molecule has 2 aliphatic rings. The fraction of sp³-hybridized carbons (Fsp3) is 0.370. The van der Waals surface area contributed by atoms with Gasteiger partial charge in [0.25, 0.3) is 5.91 Å². The number of rotatable bonds is 5. The lowest BCUT2D eigenvalue weighted by Crippen LogP contribution is -2.35. The number of carbonyl (C=O) groups is 1. The first-order valence-corrected chi connectivity index (χ1v) is 13.4. The number of hydrogen-bond donors (Lipinski definition) is 3. The Bertz CT molecular complexity index is 1650. The first kappa shape index (κ1) is 28.7. The number of benzene rings is 1. The second-order valence-corrected chi connectivity index (χ2v) is 10.5. The van der Waals surface area contributed by atoms with Gasteiger partial charge in [0.2, 0.25) is 5.95 Å². The Labute approximate surface area is 240 Å². The monoisotopic (exact) mass is 604 g/mol. The van der Waals surface area contributed by atoms with E-state index in [0.29, 0.717) is 25.9 Å². The number of β-amino-alcohol motifs (C(OH)–C–C–N with tert-alkyl or cyclic N) is 2. The average Bonchev–Trinajstić information content (AvgIpc) is 3.52. The minimum atomic E-state index is -4.53. The van der Waals surface area contributed by atoms with E-state index >= 15 is 8.78 Å². The molecule has 2 fully saturated rings. The van der Waals surface area contributed by atoms with Crippen LogP contribution in [0, 0.1) is 11.6 Å². The zero-order valence-corrected chi connectivity index (χ0v) is 22.3. The Balaban J connectivity index is 1.17. The number of anilines is 3. The Morgan fingerprint density at radius 3 is 2.26 bits per heavy atom. The molecule has 0 aliphatic carbocycles. The van der Waals surface area contributed by atoms with Gasteiger partial charge in [-0.3, -0.25) is 4.79 Å². The quantitative estimate of drug-likeness (QED) is 0.294. The molecule has 1 aromatic carbocycles. The summed E-state index contributed by atoms with van der Waals surface area (Å²) in [5.41, 5.74) is -0.701. The van der Waals surface area contributed by atoms with Crippen LogP contribution in [0.4, 0.5) is 39.4 Å². The number of fused-ring (bicyclic) bond motifs is 1. The zero-order chi connectivity index (χ0) is 30.5. The van der Waals surface area contributed by atoms with Crippen molar-refractivity contribution in [2.24, 2.45) is 0 Å². The number of amides is 1. The molecule has 3 N–H and O–H groups in total. The van der Waals surface area contributed by atoms with Crippen molar-refractivity contribution in [3.63, 3.8) is 0 Å². The van der Waals surface area contributed by atoms with Gasteiger partial charge in [0, 0.05) is 56.4 Å². The molecule has 0 bridgehead atoms. The molecule has 1 amide bonds. The van der Waals surface area contributed by atoms with Crippen molar-refractivity contribution in [1.82, 2.24) is 29.4 Å². The zero-order valence-electron chi connectivity index (χ0n) is 22.3.